The SMILES string of the molecule is Cc1cc(C(=O)CC(c2ccccc2)c2ccccc2)cc(C)c1OCCN1CCOCC1.Cl. The van der Waals surface area contributed by atoms with Crippen molar-refractivity contribution in [1.82, 2.24) is 4.90 Å². The van der Waals surface area contributed by atoms with Gasteiger partial charge in [-0.15, -0.1) is 12.4 Å². The Balaban J connectivity index is 0.00000324. The average Bonchev–Trinajstić information content (AvgIpc) is 2.85. The minimum atomic E-state index is 0. The zero-order chi connectivity index (χ0) is 23.0. The normalized spacial score (nSPS) is 14.0. The summed E-state index contributed by atoms with van der Waals surface area (Å²) < 4.78 is 11.5. The lowest BCUT2D eigenvalue weighted by Crippen LogP contribution is -2.38. The minimum Gasteiger partial charge on any atom is -0.492 e. The van der Waals surface area contributed by atoms with Crippen LogP contribution in [0, 0.1) is 13.8 Å². The number of halogens is 1. The first kappa shape index (κ1) is 26.0. The van der Waals surface area contributed by atoms with E-state index in [9.17, 15) is 4.79 Å². The van der Waals surface area contributed by atoms with Crippen LogP contribution in [0.5, 0.6) is 5.75 Å². The number of morpholine rings is 1. The molecule has 5 heteroatoms. The highest BCUT2D eigenvalue weighted by Crippen LogP contribution is 2.31. The van der Waals surface area contributed by atoms with Crippen LogP contribution < -0.4 is 4.74 Å². The largest absolute Gasteiger partial charge is 0.492 e. The van der Waals surface area contributed by atoms with E-state index in [1.165, 1.54) is 0 Å². The Morgan fingerprint density at radius 1 is 0.912 bits per heavy atom. The highest BCUT2D eigenvalue weighted by Gasteiger charge is 2.20. The van der Waals surface area contributed by atoms with Crippen molar-refractivity contribution in [1.29, 1.82) is 0 Å². The number of benzene rings is 3. The summed E-state index contributed by atoms with van der Waals surface area (Å²) in [6.07, 6.45) is 0.435. The molecule has 180 valence electrons. The van der Waals surface area contributed by atoms with Gasteiger partial charge in [0.2, 0.25) is 0 Å². The molecule has 0 saturated carbocycles. The van der Waals surface area contributed by atoms with Gasteiger partial charge in [-0.3, -0.25) is 9.69 Å². The van der Waals surface area contributed by atoms with Crippen molar-refractivity contribution < 1.29 is 14.3 Å². The lowest BCUT2D eigenvalue weighted by molar-refractivity contribution is 0.0322. The lowest BCUT2D eigenvalue weighted by Gasteiger charge is -2.26. The number of ether oxygens (including phenoxy) is 2. The van der Waals surface area contributed by atoms with E-state index < -0.39 is 0 Å². The number of rotatable bonds is 9. The van der Waals surface area contributed by atoms with Crippen molar-refractivity contribution in [3.8, 4) is 5.75 Å². The summed E-state index contributed by atoms with van der Waals surface area (Å²) in [6, 6.07) is 24.5. The Labute approximate surface area is 209 Å². The van der Waals surface area contributed by atoms with Crippen LogP contribution in [-0.4, -0.2) is 50.1 Å². The molecule has 4 nitrogen and oxygen atoms in total. The third-order valence-corrected chi connectivity index (χ3v) is 6.33. The van der Waals surface area contributed by atoms with E-state index >= 15 is 0 Å². The molecule has 1 fully saturated rings. The van der Waals surface area contributed by atoms with Gasteiger partial charge in [0.05, 0.1) is 13.2 Å². The van der Waals surface area contributed by atoms with E-state index in [0.29, 0.717) is 13.0 Å². The van der Waals surface area contributed by atoms with Gasteiger partial charge in [0, 0.05) is 37.5 Å². The predicted molar refractivity (Wildman–Crippen MR) is 140 cm³/mol. The zero-order valence-corrected chi connectivity index (χ0v) is 20.9. The van der Waals surface area contributed by atoms with Crippen LogP contribution in [0.2, 0.25) is 0 Å². The molecule has 0 unspecified atom stereocenters. The molecule has 0 radical (unpaired) electrons. The summed E-state index contributed by atoms with van der Waals surface area (Å²) >= 11 is 0. The van der Waals surface area contributed by atoms with Crippen LogP contribution >= 0.6 is 12.4 Å². The second-order valence-electron chi connectivity index (χ2n) is 8.74. The topological polar surface area (TPSA) is 38.8 Å². The van der Waals surface area contributed by atoms with Crippen molar-refractivity contribution in [2.45, 2.75) is 26.2 Å². The Hall–Kier alpha value is -2.66. The third-order valence-electron chi connectivity index (χ3n) is 6.33. The van der Waals surface area contributed by atoms with Crippen molar-refractivity contribution in [2.75, 3.05) is 39.5 Å². The van der Waals surface area contributed by atoms with Gasteiger partial charge in [-0.05, 0) is 48.2 Å². The lowest BCUT2D eigenvalue weighted by atomic mass is 9.85. The van der Waals surface area contributed by atoms with Crippen LogP contribution in [0.4, 0.5) is 0 Å². The monoisotopic (exact) mass is 479 g/mol. The summed E-state index contributed by atoms with van der Waals surface area (Å²) in [7, 11) is 0. The highest BCUT2D eigenvalue weighted by atomic mass is 35.5. The standard InChI is InChI=1S/C29H33NO3.ClH/c1-22-19-26(20-23(2)29(22)33-18-15-30-13-16-32-17-14-30)28(31)21-27(24-9-5-3-6-10-24)25-11-7-4-8-12-25;/h3-12,19-20,27H,13-18,21H2,1-2H3;1H. The Bertz CT molecular complexity index is 987. The summed E-state index contributed by atoms with van der Waals surface area (Å²) in [5, 5.41) is 0. The fraction of sp³-hybridized carbons (Fsp3) is 0.345. The molecule has 0 aliphatic carbocycles. The van der Waals surface area contributed by atoms with Gasteiger partial charge in [-0.25, -0.2) is 0 Å². The molecule has 1 heterocycles. The van der Waals surface area contributed by atoms with Crippen LogP contribution in [0.15, 0.2) is 72.8 Å². The molecule has 1 aliphatic rings. The van der Waals surface area contributed by atoms with Gasteiger partial charge in [0.1, 0.15) is 12.4 Å². The molecule has 1 saturated heterocycles. The van der Waals surface area contributed by atoms with Crippen molar-refractivity contribution in [2.24, 2.45) is 0 Å². The molecule has 4 rings (SSSR count). The first-order chi connectivity index (χ1) is 16.1. The van der Waals surface area contributed by atoms with Gasteiger partial charge < -0.3 is 9.47 Å². The molecule has 0 bridgehead atoms. The number of carbonyl (C=O) groups excluding carboxylic acids is 1. The first-order valence-electron chi connectivity index (χ1n) is 11.8. The van der Waals surface area contributed by atoms with E-state index in [0.717, 1.165) is 66.4 Å². The van der Waals surface area contributed by atoms with Crippen LogP contribution in [0.25, 0.3) is 0 Å². The third kappa shape index (κ3) is 6.69. The Morgan fingerprint density at radius 3 is 1.97 bits per heavy atom. The predicted octanol–water partition coefficient (Wildman–Crippen LogP) is 5.84. The number of hydrogen-bond acceptors (Lipinski definition) is 4. The molecule has 1 aliphatic heterocycles. The maximum absolute atomic E-state index is 13.4. The van der Waals surface area contributed by atoms with E-state index in [1.54, 1.807) is 0 Å². The quantitative estimate of drug-likeness (QED) is 0.361. The number of hydrogen-bond donors (Lipinski definition) is 0. The summed E-state index contributed by atoms with van der Waals surface area (Å²) in [5.41, 5.74) is 5.09. The maximum atomic E-state index is 13.4. The van der Waals surface area contributed by atoms with Crippen LogP contribution in [-0.2, 0) is 4.74 Å². The number of Topliss-reactive ketones (excluding diaryl/α,β-unsaturated/α-hetero) is 1. The minimum absolute atomic E-state index is 0. The molecule has 0 atom stereocenters. The average molecular weight is 480 g/mol. The fourth-order valence-electron chi connectivity index (χ4n) is 4.54. The van der Waals surface area contributed by atoms with Gasteiger partial charge in [-0.2, -0.15) is 0 Å². The van der Waals surface area contributed by atoms with E-state index in [4.69, 9.17) is 9.47 Å². The summed E-state index contributed by atoms with van der Waals surface area (Å²) in [4.78, 5) is 15.7. The van der Waals surface area contributed by atoms with Gasteiger partial charge in [-0.1, -0.05) is 60.7 Å². The summed E-state index contributed by atoms with van der Waals surface area (Å²) in [5.74, 6) is 1.08. The molecular formula is C29H34ClNO3. The van der Waals surface area contributed by atoms with Crippen molar-refractivity contribution in [3.63, 3.8) is 0 Å². The van der Waals surface area contributed by atoms with Crippen LogP contribution in [0.3, 0.4) is 0 Å². The molecule has 0 N–H and O–H groups in total. The first-order valence-corrected chi connectivity index (χ1v) is 11.8. The zero-order valence-electron chi connectivity index (χ0n) is 20.0. The van der Waals surface area contributed by atoms with Crippen molar-refractivity contribution >= 4 is 18.2 Å². The van der Waals surface area contributed by atoms with Gasteiger partial charge >= 0.3 is 0 Å². The maximum Gasteiger partial charge on any atom is 0.163 e. The van der Waals surface area contributed by atoms with E-state index in [2.05, 4.69) is 29.2 Å². The number of aryl methyl sites for hydroxylation is 2. The molecule has 0 aromatic heterocycles. The smallest absolute Gasteiger partial charge is 0.163 e. The van der Waals surface area contributed by atoms with E-state index in [-0.39, 0.29) is 24.1 Å². The Morgan fingerprint density at radius 2 is 1.44 bits per heavy atom. The number of nitrogens with zero attached hydrogens (tertiary/aromatic N) is 1. The van der Waals surface area contributed by atoms with Crippen molar-refractivity contribution in [3.05, 3.63) is 101 Å². The highest BCUT2D eigenvalue weighted by molar-refractivity contribution is 5.97. The van der Waals surface area contributed by atoms with E-state index in [1.807, 2.05) is 62.4 Å². The molecule has 3 aromatic rings. The number of ketones is 1. The molecule has 3 aromatic carbocycles. The summed E-state index contributed by atoms with van der Waals surface area (Å²) in [6.45, 7) is 9.08. The second-order valence-corrected chi connectivity index (χ2v) is 8.74. The van der Waals surface area contributed by atoms with Gasteiger partial charge in [0.25, 0.3) is 0 Å². The number of carbonyl (C=O) groups is 1. The second kappa shape index (κ2) is 12.7. The molecular weight excluding hydrogens is 446 g/mol. The molecule has 0 spiro atoms. The van der Waals surface area contributed by atoms with Crippen LogP contribution in [0.1, 0.15) is 45.0 Å². The molecule has 34 heavy (non-hydrogen) atoms. The molecule has 0 amide bonds. The fourth-order valence-corrected chi connectivity index (χ4v) is 4.54. The van der Waals surface area contributed by atoms with Gasteiger partial charge in [0.15, 0.2) is 5.78 Å². The Kier molecular flexibility index (Phi) is 9.70.